The molecule has 2 aliphatic rings. The number of sulfonamides is 1. The van der Waals surface area contributed by atoms with Crippen LogP contribution in [0.3, 0.4) is 0 Å². The summed E-state index contributed by atoms with van der Waals surface area (Å²) in [6.07, 6.45) is 6.98. The molecule has 2 fully saturated rings. The Labute approximate surface area is 237 Å². The van der Waals surface area contributed by atoms with E-state index in [1.54, 1.807) is 12.1 Å². The van der Waals surface area contributed by atoms with E-state index in [4.69, 9.17) is 9.47 Å². The molecule has 0 bridgehead atoms. The largest absolute Gasteiger partial charge is 0.473 e. The third-order valence-corrected chi connectivity index (χ3v) is 9.86. The van der Waals surface area contributed by atoms with Gasteiger partial charge in [-0.25, -0.2) is 13.1 Å². The molecule has 0 atom stereocenters. The molecule has 1 aliphatic heterocycles. The van der Waals surface area contributed by atoms with E-state index in [2.05, 4.69) is 15.0 Å². The molecule has 2 heterocycles. The normalized spacial score (nSPS) is 18.2. The van der Waals surface area contributed by atoms with Crippen molar-refractivity contribution in [3.63, 3.8) is 0 Å². The van der Waals surface area contributed by atoms with Crippen LogP contribution in [0.4, 0.5) is 0 Å². The Morgan fingerprint density at radius 2 is 1.69 bits per heavy atom. The second-order valence-corrected chi connectivity index (χ2v) is 15.4. The fraction of sp³-hybridized carbons (Fsp3) is 0.655. The first-order valence-corrected chi connectivity index (χ1v) is 16.3. The van der Waals surface area contributed by atoms with E-state index in [1.165, 1.54) is 17.8 Å². The quantitative estimate of drug-likeness (QED) is 0.431. The van der Waals surface area contributed by atoms with Gasteiger partial charge in [0.25, 0.3) is 5.91 Å². The molecule has 1 aliphatic carbocycles. The molecule has 0 radical (unpaired) electrons. The number of hydrogen-bond donors (Lipinski definition) is 2. The number of amides is 1. The summed E-state index contributed by atoms with van der Waals surface area (Å²) in [5.41, 5.74) is 0.430. The Balaban J connectivity index is 1.74. The second kappa shape index (κ2) is 11.8. The SMILES string of the molecule is CC(C)(C)NS(=O)(=O)c1ccc(-c2sc(C(=O)NC3CCOCC3)nc2OC2CCCCC2)cc1C(C)(C)C. The lowest BCUT2D eigenvalue weighted by atomic mass is 9.86. The molecule has 216 valence electrons. The minimum absolute atomic E-state index is 0.0590. The van der Waals surface area contributed by atoms with Crippen molar-refractivity contribution in [2.24, 2.45) is 0 Å². The molecular formula is C29H43N3O5S2. The van der Waals surface area contributed by atoms with Crippen LogP contribution in [0.25, 0.3) is 10.4 Å². The Morgan fingerprint density at radius 1 is 1.03 bits per heavy atom. The minimum Gasteiger partial charge on any atom is -0.473 e. The number of rotatable bonds is 7. The molecule has 1 saturated carbocycles. The third kappa shape index (κ3) is 7.80. The lowest BCUT2D eigenvalue weighted by Gasteiger charge is -2.27. The van der Waals surface area contributed by atoms with Crippen LogP contribution in [-0.2, 0) is 20.2 Å². The molecule has 2 aromatic rings. The Kier molecular flexibility index (Phi) is 9.10. The molecule has 0 unspecified atom stereocenters. The van der Waals surface area contributed by atoms with E-state index in [0.717, 1.165) is 49.0 Å². The number of thiazole rings is 1. The van der Waals surface area contributed by atoms with E-state index in [-0.39, 0.29) is 22.9 Å². The van der Waals surface area contributed by atoms with E-state index >= 15 is 0 Å². The maximum Gasteiger partial charge on any atom is 0.280 e. The van der Waals surface area contributed by atoms with Crippen LogP contribution in [0, 0.1) is 0 Å². The number of aromatic nitrogens is 1. The lowest BCUT2D eigenvalue weighted by molar-refractivity contribution is 0.0695. The first-order valence-electron chi connectivity index (χ1n) is 14.0. The molecule has 1 saturated heterocycles. The standard InChI is InChI=1S/C29H43N3O5S2/c1-28(2,3)22-18-19(12-13-23(22)39(34,35)32-29(4,5)6)24-26(37-21-10-8-7-9-11-21)31-27(38-24)25(33)30-20-14-16-36-17-15-20/h12-13,18,20-21,32H,7-11,14-17H2,1-6H3,(H,30,33). The van der Waals surface area contributed by atoms with Crippen molar-refractivity contribution in [1.82, 2.24) is 15.0 Å². The highest BCUT2D eigenvalue weighted by Gasteiger charge is 2.31. The van der Waals surface area contributed by atoms with Crippen molar-refractivity contribution in [3.05, 3.63) is 28.8 Å². The van der Waals surface area contributed by atoms with Gasteiger partial charge in [0.1, 0.15) is 6.10 Å². The molecule has 4 rings (SSSR count). The molecule has 39 heavy (non-hydrogen) atoms. The maximum atomic E-state index is 13.4. The van der Waals surface area contributed by atoms with Gasteiger partial charge in [-0.15, -0.1) is 11.3 Å². The van der Waals surface area contributed by atoms with Gasteiger partial charge >= 0.3 is 0 Å². The third-order valence-electron chi connectivity index (χ3n) is 6.96. The fourth-order valence-electron chi connectivity index (χ4n) is 5.05. The molecule has 0 spiro atoms. The zero-order valence-corrected chi connectivity index (χ0v) is 25.7. The van der Waals surface area contributed by atoms with Crippen molar-refractivity contribution in [1.29, 1.82) is 0 Å². The van der Waals surface area contributed by atoms with Gasteiger partial charge in [-0.1, -0.05) is 33.3 Å². The molecule has 1 amide bonds. The van der Waals surface area contributed by atoms with Gasteiger partial charge in [0.15, 0.2) is 5.01 Å². The summed E-state index contributed by atoms with van der Waals surface area (Å²) >= 11 is 1.30. The van der Waals surface area contributed by atoms with Crippen LogP contribution in [0.1, 0.15) is 102 Å². The number of benzene rings is 1. The Bertz CT molecular complexity index is 1260. The molecule has 8 nitrogen and oxygen atoms in total. The summed E-state index contributed by atoms with van der Waals surface area (Å²) < 4.78 is 41.4. The van der Waals surface area contributed by atoms with Crippen LogP contribution in [0.15, 0.2) is 23.1 Å². The van der Waals surface area contributed by atoms with Gasteiger partial charge in [-0.05, 0) is 88.0 Å². The molecule has 1 aromatic heterocycles. The number of ether oxygens (including phenoxy) is 2. The summed E-state index contributed by atoms with van der Waals surface area (Å²) in [5.74, 6) is 0.239. The van der Waals surface area contributed by atoms with E-state index in [0.29, 0.717) is 29.7 Å². The number of carbonyl (C=O) groups excluding carboxylic acids is 1. The van der Waals surface area contributed by atoms with Crippen LogP contribution in [0.2, 0.25) is 0 Å². The zero-order chi connectivity index (χ0) is 28.4. The van der Waals surface area contributed by atoms with Crippen molar-refractivity contribution in [2.45, 2.75) is 114 Å². The van der Waals surface area contributed by atoms with Crippen LogP contribution >= 0.6 is 11.3 Å². The average molecular weight is 578 g/mol. The topological polar surface area (TPSA) is 107 Å². The highest BCUT2D eigenvalue weighted by Crippen LogP contribution is 2.41. The first-order chi connectivity index (χ1) is 18.2. The molecular weight excluding hydrogens is 534 g/mol. The number of hydrogen-bond acceptors (Lipinski definition) is 7. The lowest BCUT2D eigenvalue weighted by Crippen LogP contribution is -2.41. The monoisotopic (exact) mass is 577 g/mol. The van der Waals surface area contributed by atoms with Gasteiger partial charge in [0, 0.05) is 24.8 Å². The van der Waals surface area contributed by atoms with Gasteiger partial charge in [0.05, 0.1) is 9.77 Å². The van der Waals surface area contributed by atoms with Crippen molar-refractivity contribution < 1.29 is 22.7 Å². The van der Waals surface area contributed by atoms with Crippen molar-refractivity contribution in [2.75, 3.05) is 13.2 Å². The summed E-state index contributed by atoms with van der Waals surface area (Å²) in [4.78, 5) is 18.9. The Hall–Kier alpha value is -2.01. The van der Waals surface area contributed by atoms with Crippen LogP contribution in [0.5, 0.6) is 5.88 Å². The molecule has 2 N–H and O–H groups in total. The predicted molar refractivity (Wildman–Crippen MR) is 155 cm³/mol. The molecule has 1 aromatic carbocycles. The highest BCUT2D eigenvalue weighted by molar-refractivity contribution is 7.89. The van der Waals surface area contributed by atoms with Crippen molar-refractivity contribution >= 4 is 27.3 Å². The maximum absolute atomic E-state index is 13.4. The predicted octanol–water partition coefficient (Wildman–Crippen LogP) is 5.80. The van der Waals surface area contributed by atoms with Crippen LogP contribution in [-0.4, -0.2) is 50.2 Å². The van der Waals surface area contributed by atoms with Gasteiger partial charge in [-0.2, -0.15) is 4.98 Å². The molecule has 10 heteroatoms. The Morgan fingerprint density at radius 3 is 2.31 bits per heavy atom. The van der Waals surface area contributed by atoms with E-state index in [9.17, 15) is 13.2 Å². The highest BCUT2D eigenvalue weighted by atomic mass is 32.2. The number of nitrogens with one attached hydrogen (secondary N) is 2. The van der Waals surface area contributed by atoms with Gasteiger partial charge < -0.3 is 14.8 Å². The second-order valence-electron chi connectivity index (χ2n) is 12.7. The number of nitrogens with zero attached hydrogens (tertiary/aromatic N) is 1. The summed E-state index contributed by atoms with van der Waals surface area (Å²) in [5, 5.41) is 3.46. The zero-order valence-electron chi connectivity index (χ0n) is 24.1. The van der Waals surface area contributed by atoms with Gasteiger partial charge in [0.2, 0.25) is 15.9 Å². The fourth-order valence-corrected chi connectivity index (χ4v) is 7.76. The van der Waals surface area contributed by atoms with E-state index in [1.807, 2.05) is 47.6 Å². The average Bonchev–Trinajstić information content (AvgIpc) is 3.27. The summed E-state index contributed by atoms with van der Waals surface area (Å²) in [7, 11) is -3.76. The summed E-state index contributed by atoms with van der Waals surface area (Å²) in [6.45, 7) is 12.8. The smallest absolute Gasteiger partial charge is 0.280 e. The van der Waals surface area contributed by atoms with Crippen molar-refractivity contribution in [3.8, 4) is 16.3 Å². The van der Waals surface area contributed by atoms with E-state index < -0.39 is 21.0 Å². The summed E-state index contributed by atoms with van der Waals surface area (Å²) in [6, 6.07) is 5.44. The minimum atomic E-state index is -3.76. The first kappa shape index (κ1) is 30.0. The number of carbonyl (C=O) groups is 1. The van der Waals surface area contributed by atoms with Crippen LogP contribution < -0.4 is 14.8 Å². The van der Waals surface area contributed by atoms with Gasteiger partial charge in [-0.3, -0.25) is 4.79 Å².